The first-order valence-corrected chi connectivity index (χ1v) is 10.2. The molecule has 156 valence electrons. The largest absolute Gasteiger partial charge is 0.448 e. The molecule has 1 fully saturated rings. The Morgan fingerprint density at radius 1 is 1.07 bits per heavy atom. The minimum atomic E-state index is -4.78. The maximum Gasteiger partial charge on any atom is 0.415 e. The minimum absolute atomic E-state index is 0.475. The highest BCUT2D eigenvalue weighted by molar-refractivity contribution is 8.00. The van der Waals surface area contributed by atoms with Gasteiger partial charge in [-0.2, -0.15) is 13.2 Å². The molecule has 2 aromatic rings. The summed E-state index contributed by atoms with van der Waals surface area (Å²) in [6.07, 6.45) is -5.71. The van der Waals surface area contributed by atoms with Gasteiger partial charge in [0.15, 0.2) is 6.10 Å². The Morgan fingerprint density at radius 2 is 1.60 bits per heavy atom. The monoisotopic (exact) mass is 434 g/mol. The van der Waals surface area contributed by atoms with Crippen LogP contribution in [0.15, 0.2) is 71.9 Å². The highest BCUT2D eigenvalue weighted by atomic mass is 32.2. The van der Waals surface area contributed by atoms with Crippen molar-refractivity contribution >= 4 is 23.6 Å². The molecule has 1 saturated heterocycles. The number of hydrogen-bond donors (Lipinski definition) is 1. The van der Waals surface area contributed by atoms with Crippen molar-refractivity contribution in [1.29, 1.82) is 0 Å². The number of thioether (sulfide) groups is 1. The molecule has 2 heterocycles. The van der Waals surface area contributed by atoms with Crippen LogP contribution in [0.4, 0.5) is 13.2 Å². The molecule has 2 N–H and O–H groups in total. The lowest BCUT2D eigenvalue weighted by Gasteiger charge is -2.48. The fraction of sp³-hybridized carbons (Fsp3) is 0.238. The van der Waals surface area contributed by atoms with Crippen LogP contribution in [0.25, 0.3) is 0 Å². The van der Waals surface area contributed by atoms with Crippen molar-refractivity contribution in [3.05, 3.63) is 83.1 Å². The van der Waals surface area contributed by atoms with E-state index in [0.717, 1.165) is 16.7 Å². The van der Waals surface area contributed by atoms with Gasteiger partial charge >= 0.3 is 12.1 Å². The van der Waals surface area contributed by atoms with Crippen molar-refractivity contribution in [3.8, 4) is 0 Å². The highest BCUT2D eigenvalue weighted by Crippen LogP contribution is 2.45. The molecule has 2 aromatic carbocycles. The van der Waals surface area contributed by atoms with E-state index < -0.39 is 52.6 Å². The van der Waals surface area contributed by atoms with Crippen LogP contribution in [-0.2, 0) is 14.3 Å². The van der Waals surface area contributed by atoms with Crippen LogP contribution in [0.1, 0.15) is 17.2 Å². The number of nitrogens with two attached hydrogens (primary N) is 1. The summed E-state index contributed by atoms with van der Waals surface area (Å²) >= 11 is 0.887. The lowest BCUT2D eigenvalue weighted by Crippen LogP contribution is -2.69. The van der Waals surface area contributed by atoms with Gasteiger partial charge in [0.1, 0.15) is 17.1 Å². The molecular weight excluding hydrogens is 417 g/mol. The van der Waals surface area contributed by atoms with Gasteiger partial charge in [0.2, 0.25) is 5.91 Å². The molecule has 0 aliphatic carbocycles. The average molecular weight is 434 g/mol. The third kappa shape index (κ3) is 3.59. The molecule has 5 nitrogen and oxygen atoms in total. The first-order valence-electron chi connectivity index (χ1n) is 9.10. The van der Waals surface area contributed by atoms with Crippen LogP contribution in [0.2, 0.25) is 0 Å². The van der Waals surface area contributed by atoms with Gasteiger partial charge in [-0.3, -0.25) is 9.69 Å². The van der Waals surface area contributed by atoms with Crippen LogP contribution in [0.3, 0.4) is 0 Å². The van der Waals surface area contributed by atoms with Gasteiger partial charge in [-0.25, -0.2) is 4.79 Å². The number of carbonyl (C=O) groups excluding carboxylic acids is 2. The zero-order valence-electron chi connectivity index (χ0n) is 15.5. The van der Waals surface area contributed by atoms with E-state index in [9.17, 15) is 22.8 Å². The maximum atomic E-state index is 13.6. The third-order valence-electron chi connectivity index (χ3n) is 4.97. The predicted molar refractivity (Wildman–Crippen MR) is 105 cm³/mol. The fourth-order valence-electron chi connectivity index (χ4n) is 3.47. The molecule has 0 bridgehead atoms. The van der Waals surface area contributed by atoms with Gasteiger partial charge < -0.3 is 10.5 Å². The molecular formula is C21H17F3N2O3S. The smallest absolute Gasteiger partial charge is 0.415 e. The number of β-lactam (4-membered cyclic amide) rings is 1. The van der Waals surface area contributed by atoms with Gasteiger partial charge in [-0.1, -0.05) is 60.7 Å². The van der Waals surface area contributed by atoms with E-state index in [1.165, 1.54) is 0 Å². The van der Waals surface area contributed by atoms with E-state index in [-0.39, 0.29) is 0 Å². The number of carbonyl (C=O) groups is 2. The van der Waals surface area contributed by atoms with E-state index in [1.807, 2.05) is 0 Å². The number of halogens is 3. The molecule has 30 heavy (non-hydrogen) atoms. The summed E-state index contributed by atoms with van der Waals surface area (Å²) in [4.78, 5) is 26.0. The predicted octanol–water partition coefficient (Wildman–Crippen LogP) is 3.38. The quantitative estimate of drug-likeness (QED) is 0.590. The summed E-state index contributed by atoms with van der Waals surface area (Å²) in [6.45, 7) is 0. The van der Waals surface area contributed by atoms with Crippen LogP contribution in [0, 0.1) is 0 Å². The lowest BCUT2D eigenvalue weighted by molar-refractivity contribution is -0.154. The van der Waals surface area contributed by atoms with Crippen molar-refractivity contribution in [2.45, 2.75) is 23.7 Å². The first kappa shape index (κ1) is 20.5. The molecule has 9 heteroatoms. The van der Waals surface area contributed by atoms with E-state index in [4.69, 9.17) is 10.5 Å². The zero-order chi connectivity index (χ0) is 21.5. The Balaban J connectivity index is 1.73. The average Bonchev–Trinajstić information content (AvgIpc) is 2.76. The third-order valence-corrected chi connectivity index (χ3v) is 6.28. The van der Waals surface area contributed by atoms with E-state index in [2.05, 4.69) is 0 Å². The fourth-order valence-corrected chi connectivity index (χ4v) is 4.79. The number of hydrogen-bond acceptors (Lipinski definition) is 5. The Hall–Kier alpha value is -2.78. The second-order valence-electron chi connectivity index (χ2n) is 6.87. The van der Waals surface area contributed by atoms with Crippen LogP contribution < -0.4 is 5.73 Å². The second-order valence-corrected chi connectivity index (χ2v) is 7.97. The Labute approximate surface area is 174 Å². The second kappa shape index (κ2) is 7.81. The first-order chi connectivity index (χ1) is 14.3. The van der Waals surface area contributed by atoms with Crippen LogP contribution in [-0.4, -0.2) is 40.1 Å². The van der Waals surface area contributed by atoms with Crippen molar-refractivity contribution in [2.24, 2.45) is 5.73 Å². The summed E-state index contributed by atoms with van der Waals surface area (Å²) < 4.78 is 46.5. The zero-order valence-corrected chi connectivity index (χ0v) is 16.3. The molecule has 2 aliphatic heterocycles. The molecule has 0 radical (unpaired) electrons. The SMILES string of the molecule is NC1C(=O)N2C(C(=O)OC(c3ccccc3)c3ccccc3)=C(C(F)(F)F)CS[C@H]12. The van der Waals surface area contributed by atoms with Crippen molar-refractivity contribution < 1.29 is 27.5 Å². The number of alkyl halides is 3. The van der Waals surface area contributed by atoms with Crippen molar-refractivity contribution in [3.63, 3.8) is 0 Å². The Kier molecular flexibility index (Phi) is 5.33. The lowest BCUT2D eigenvalue weighted by atomic mass is 10.0. The molecule has 1 amide bonds. The van der Waals surface area contributed by atoms with Crippen molar-refractivity contribution in [2.75, 3.05) is 5.75 Å². The molecule has 0 aromatic heterocycles. The number of fused-ring (bicyclic) bond motifs is 1. The maximum absolute atomic E-state index is 13.6. The van der Waals surface area contributed by atoms with Crippen LogP contribution >= 0.6 is 11.8 Å². The van der Waals surface area contributed by atoms with E-state index in [1.54, 1.807) is 60.7 Å². The summed E-state index contributed by atoms with van der Waals surface area (Å²) in [6, 6.07) is 16.4. The normalized spacial score (nSPS) is 21.4. The number of amides is 1. The standard InChI is InChI=1S/C21H17F3N2O3S/c22-21(23,24)14-11-30-19-15(25)18(27)26(19)16(14)20(28)29-17(12-7-3-1-4-8-12)13-9-5-2-6-10-13/h1-10,15,17,19H,11,25H2/t15?,19-/m1/s1. The van der Waals surface area contributed by atoms with Crippen molar-refractivity contribution in [1.82, 2.24) is 4.90 Å². The number of esters is 1. The van der Waals surface area contributed by atoms with E-state index >= 15 is 0 Å². The number of benzene rings is 2. The topological polar surface area (TPSA) is 72.6 Å². The Bertz CT molecular complexity index is 956. The Morgan fingerprint density at radius 3 is 2.10 bits per heavy atom. The summed E-state index contributed by atoms with van der Waals surface area (Å²) in [5.41, 5.74) is 5.04. The summed E-state index contributed by atoms with van der Waals surface area (Å²) in [7, 11) is 0. The summed E-state index contributed by atoms with van der Waals surface area (Å²) in [5, 5.41) is -0.710. The minimum Gasteiger partial charge on any atom is -0.448 e. The van der Waals surface area contributed by atoms with E-state index in [0.29, 0.717) is 11.1 Å². The molecule has 1 unspecified atom stereocenters. The number of rotatable bonds is 4. The van der Waals surface area contributed by atoms with Gasteiger partial charge in [-0.15, -0.1) is 11.8 Å². The van der Waals surface area contributed by atoms with Gasteiger partial charge in [0.05, 0.1) is 5.57 Å². The molecule has 2 atom stereocenters. The molecule has 0 spiro atoms. The van der Waals surface area contributed by atoms with Gasteiger partial charge in [0, 0.05) is 5.75 Å². The van der Waals surface area contributed by atoms with Gasteiger partial charge in [0.25, 0.3) is 0 Å². The summed E-state index contributed by atoms with van der Waals surface area (Å²) in [5.74, 6) is -2.40. The molecule has 0 saturated carbocycles. The molecule has 4 rings (SSSR count). The number of ether oxygens (including phenoxy) is 1. The van der Waals surface area contributed by atoms with Crippen LogP contribution in [0.5, 0.6) is 0 Å². The highest BCUT2D eigenvalue weighted by Gasteiger charge is 2.56. The number of nitrogens with zero attached hydrogens (tertiary/aromatic N) is 1. The van der Waals surface area contributed by atoms with Gasteiger partial charge in [-0.05, 0) is 11.1 Å². The molecule has 2 aliphatic rings.